The van der Waals surface area contributed by atoms with Crippen molar-refractivity contribution in [2.45, 2.75) is 32.9 Å². The fourth-order valence-corrected chi connectivity index (χ4v) is 4.32. The second kappa shape index (κ2) is 7.95. The summed E-state index contributed by atoms with van der Waals surface area (Å²) < 4.78 is 1.79. The van der Waals surface area contributed by atoms with Crippen molar-refractivity contribution in [3.8, 4) is 0 Å². The zero-order chi connectivity index (χ0) is 18.7. The van der Waals surface area contributed by atoms with Crippen LogP contribution in [-0.4, -0.2) is 44.2 Å². The van der Waals surface area contributed by atoms with Crippen LogP contribution in [0.4, 0.5) is 0 Å². The first-order valence-corrected chi connectivity index (χ1v) is 9.80. The molecule has 6 nitrogen and oxygen atoms in total. The Morgan fingerprint density at radius 3 is 2.65 bits per heavy atom. The molecule has 0 radical (unpaired) electrons. The van der Waals surface area contributed by atoms with E-state index >= 15 is 0 Å². The van der Waals surface area contributed by atoms with Gasteiger partial charge in [-0.05, 0) is 19.4 Å². The van der Waals surface area contributed by atoms with Crippen molar-refractivity contribution in [3.63, 3.8) is 0 Å². The molecule has 0 aliphatic carbocycles. The van der Waals surface area contributed by atoms with E-state index in [0.29, 0.717) is 18.2 Å². The Morgan fingerprint density at radius 1 is 1.27 bits per heavy atom. The highest BCUT2D eigenvalue weighted by atomic mass is 32.2. The number of aryl methyl sites for hydroxylation is 2. The van der Waals surface area contributed by atoms with E-state index in [0.717, 1.165) is 22.5 Å². The summed E-state index contributed by atoms with van der Waals surface area (Å²) in [7, 11) is 1.88. The SMILES string of the molecule is Cc1nn(C)c(C)c1CC(=O)N1CSC[C@H]1C(=O)NCc1ccccc1. The summed E-state index contributed by atoms with van der Waals surface area (Å²) in [6.45, 7) is 4.35. The predicted molar refractivity (Wildman–Crippen MR) is 103 cm³/mol. The van der Waals surface area contributed by atoms with Crippen molar-refractivity contribution in [2.75, 3.05) is 11.6 Å². The third kappa shape index (κ3) is 3.93. The van der Waals surface area contributed by atoms with E-state index < -0.39 is 6.04 Å². The fourth-order valence-electron chi connectivity index (χ4n) is 3.13. The number of nitrogens with one attached hydrogen (secondary N) is 1. The topological polar surface area (TPSA) is 67.2 Å². The maximum atomic E-state index is 12.8. The van der Waals surface area contributed by atoms with Crippen LogP contribution in [0, 0.1) is 13.8 Å². The molecular weight excluding hydrogens is 348 g/mol. The second-order valence-electron chi connectivity index (χ2n) is 6.53. The number of rotatable bonds is 5. The van der Waals surface area contributed by atoms with E-state index in [4.69, 9.17) is 0 Å². The van der Waals surface area contributed by atoms with E-state index in [1.54, 1.807) is 21.3 Å². The van der Waals surface area contributed by atoms with Gasteiger partial charge in [0.2, 0.25) is 11.8 Å². The summed E-state index contributed by atoms with van der Waals surface area (Å²) >= 11 is 1.62. The Balaban J connectivity index is 1.63. The van der Waals surface area contributed by atoms with Crippen LogP contribution in [0.15, 0.2) is 30.3 Å². The van der Waals surface area contributed by atoms with Gasteiger partial charge >= 0.3 is 0 Å². The van der Waals surface area contributed by atoms with Gasteiger partial charge in [-0.2, -0.15) is 5.10 Å². The van der Waals surface area contributed by atoms with Crippen molar-refractivity contribution < 1.29 is 9.59 Å². The molecular formula is C19H24N4O2S. The Bertz CT molecular complexity index is 803. The lowest BCUT2D eigenvalue weighted by Gasteiger charge is -2.23. The first-order valence-electron chi connectivity index (χ1n) is 8.65. The van der Waals surface area contributed by atoms with Gasteiger partial charge in [-0.25, -0.2) is 0 Å². The predicted octanol–water partition coefficient (Wildman–Crippen LogP) is 1.80. The van der Waals surface area contributed by atoms with Crippen LogP contribution in [0.3, 0.4) is 0 Å². The monoisotopic (exact) mass is 372 g/mol. The molecule has 3 rings (SSSR count). The summed E-state index contributed by atoms with van der Waals surface area (Å²) in [4.78, 5) is 27.1. The van der Waals surface area contributed by atoms with Gasteiger partial charge in [-0.1, -0.05) is 30.3 Å². The van der Waals surface area contributed by atoms with Gasteiger partial charge in [0.1, 0.15) is 6.04 Å². The number of hydrogen-bond acceptors (Lipinski definition) is 4. The quantitative estimate of drug-likeness (QED) is 0.869. The first kappa shape index (κ1) is 18.5. The Kier molecular flexibility index (Phi) is 5.66. The number of hydrogen-bond donors (Lipinski definition) is 1. The van der Waals surface area contributed by atoms with Gasteiger partial charge in [-0.3, -0.25) is 14.3 Å². The van der Waals surface area contributed by atoms with Gasteiger partial charge in [0, 0.05) is 30.6 Å². The van der Waals surface area contributed by atoms with Gasteiger partial charge in [0.15, 0.2) is 0 Å². The van der Waals surface area contributed by atoms with E-state index in [-0.39, 0.29) is 18.2 Å². The van der Waals surface area contributed by atoms with Crippen molar-refractivity contribution in [1.82, 2.24) is 20.0 Å². The molecule has 138 valence electrons. The molecule has 0 bridgehead atoms. The maximum Gasteiger partial charge on any atom is 0.243 e. The van der Waals surface area contributed by atoms with E-state index in [1.165, 1.54) is 0 Å². The lowest BCUT2D eigenvalue weighted by atomic mass is 10.1. The third-order valence-electron chi connectivity index (χ3n) is 4.80. The van der Waals surface area contributed by atoms with Gasteiger partial charge in [-0.15, -0.1) is 11.8 Å². The smallest absolute Gasteiger partial charge is 0.243 e. The first-order chi connectivity index (χ1) is 12.5. The molecule has 0 spiro atoms. The van der Waals surface area contributed by atoms with Crippen LogP contribution < -0.4 is 5.32 Å². The summed E-state index contributed by atoms with van der Waals surface area (Å²) in [6.07, 6.45) is 0.286. The molecule has 1 aromatic heterocycles. The number of amides is 2. The van der Waals surface area contributed by atoms with Crippen molar-refractivity contribution >= 4 is 23.6 Å². The summed E-state index contributed by atoms with van der Waals surface area (Å²) in [5.41, 5.74) is 3.87. The zero-order valence-corrected chi connectivity index (χ0v) is 16.2. The summed E-state index contributed by atoms with van der Waals surface area (Å²) in [5, 5.41) is 7.32. The lowest BCUT2D eigenvalue weighted by Crippen LogP contribution is -2.47. The minimum Gasteiger partial charge on any atom is -0.350 e. The Morgan fingerprint density at radius 2 is 2.00 bits per heavy atom. The molecule has 0 unspecified atom stereocenters. The largest absolute Gasteiger partial charge is 0.350 e. The molecule has 1 saturated heterocycles. The number of nitrogens with zero attached hydrogens (tertiary/aromatic N) is 3. The minimum absolute atomic E-state index is 0.0194. The third-order valence-corrected chi connectivity index (χ3v) is 5.81. The average Bonchev–Trinajstić information content (AvgIpc) is 3.21. The molecule has 1 fully saturated rings. The van der Waals surface area contributed by atoms with Crippen LogP contribution in [0.25, 0.3) is 0 Å². The number of thioether (sulfide) groups is 1. The standard InChI is InChI=1S/C19H24N4O2S/c1-13-16(14(2)22(3)21-13)9-18(24)23-12-26-11-17(23)19(25)20-10-15-7-5-4-6-8-15/h4-8,17H,9-12H2,1-3H3,(H,20,25)/t17-/m0/s1. The number of carbonyl (C=O) groups excluding carboxylic acids is 2. The molecule has 1 aromatic carbocycles. The highest BCUT2D eigenvalue weighted by Gasteiger charge is 2.34. The molecule has 2 heterocycles. The molecule has 1 atom stereocenters. The number of aromatic nitrogens is 2. The maximum absolute atomic E-state index is 12.8. The molecule has 2 aromatic rings. The van der Waals surface area contributed by atoms with Crippen LogP contribution in [0.5, 0.6) is 0 Å². The van der Waals surface area contributed by atoms with Crippen molar-refractivity contribution in [1.29, 1.82) is 0 Å². The molecule has 2 amide bonds. The average molecular weight is 372 g/mol. The number of carbonyl (C=O) groups is 2. The normalized spacial score (nSPS) is 16.7. The van der Waals surface area contributed by atoms with Gasteiger partial charge in [0.25, 0.3) is 0 Å². The molecule has 7 heteroatoms. The highest BCUT2D eigenvalue weighted by Crippen LogP contribution is 2.23. The van der Waals surface area contributed by atoms with Crippen molar-refractivity contribution in [2.24, 2.45) is 7.05 Å². The van der Waals surface area contributed by atoms with Gasteiger partial charge < -0.3 is 10.2 Å². The molecule has 1 aliphatic heterocycles. The second-order valence-corrected chi connectivity index (χ2v) is 7.53. The molecule has 26 heavy (non-hydrogen) atoms. The van der Waals surface area contributed by atoms with E-state index in [2.05, 4.69) is 10.4 Å². The van der Waals surface area contributed by atoms with Crippen LogP contribution in [0.2, 0.25) is 0 Å². The van der Waals surface area contributed by atoms with Crippen LogP contribution >= 0.6 is 11.8 Å². The molecule has 1 N–H and O–H groups in total. The molecule has 0 saturated carbocycles. The fraction of sp³-hybridized carbons (Fsp3) is 0.421. The Labute approximate surface area is 157 Å². The van der Waals surface area contributed by atoms with Crippen molar-refractivity contribution in [3.05, 3.63) is 52.8 Å². The highest BCUT2D eigenvalue weighted by molar-refractivity contribution is 7.99. The Hall–Kier alpha value is -2.28. The van der Waals surface area contributed by atoms with Gasteiger partial charge in [0.05, 0.1) is 18.0 Å². The number of benzene rings is 1. The zero-order valence-electron chi connectivity index (χ0n) is 15.4. The summed E-state index contributed by atoms with van der Waals surface area (Å²) in [6, 6.07) is 9.37. The lowest BCUT2D eigenvalue weighted by molar-refractivity contribution is -0.137. The summed E-state index contributed by atoms with van der Waals surface area (Å²) in [5.74, 6) is 1.08. The van der Waals surface area contributed by atoms with E-state index in [1.807, 2.05) is 51.2 Å². The van der Waals surface area contributed by atoms with E-state index in [9.17, 15) is 9.59 Å². The van der Waals surface area contributed by atoms with Crippen LogP contribution in [-0.2, 0) is 29.6 Å². The van der Waals surface area contributed by atoms with Crippen LogP contribution in [0.1, 0.15) is 22.5 Å². The minimum atomic E-state index is -0.409. The molecule has 1 aliphatic rings.